The van der Waals surface area contributed by atoms with Crippen LogP contribution in [0.15, 0.2) is 48.6 Å². The standard InChI is InChI=1S/C15H20N2/c1-16-14-11-7-6-10-13(14)15(17-2)12-8-4-3-5-9-12/h3-8,10-12,15-17H,9H2,1-2H3. The molecule has 2 N–H and O–H groups in total. The number of hydrogen-bond donors (Lipinski definition) is 2. The lowest BCUT2D eigenvalue weighted by atomic mass is 9.87. The highest BCUT2D eigenvalue weighted by molar-refractivity contribution is 5.52. The molecule has 0 spiro atoms. The Kier molecular flexibility index (Phi) is 3.99. The van der Waals surface area contributed by atoms with Crippen molar-refractivity contribution in [2.45, 2.75) is 12.5 Å². The molecule has 2 rings (SSSR count). The van der Waals surface area contributed by atoms with Gasteiger partial charge < -0.3 is 10.6 Å². The molecule has 0 fully saturated rings. The molecular formula is C15H20N2. The van der Waals surface area contributed by atoms with Crippen LogP contribution in [0.25, 0.3) is 0 Å². The Labute approximate surface area is 103 Å². The van der Waals surface area contributed by atoms with Gasteiger partial charge in [-0.1, -0.05) is 42.5 Å². The highest BCUT2D eigenvalue weighted by Crippen LogP contribution is 2.32. The van der Waals surface area contributed by atoms with Crippen molar-refractivity contribution in [2.24, 2.45) is 5.92 Å². The number of rotatable bonds is 4. The number of nitrogens with one attached hydrogen (secondary N) is 2. The Morgan fingerprint density at radius 2 is 2.00 bits per heavy atom. The van der Waals surface area contributed by atoms with Gasteiger partial charge in [0.1, 0.15) is 0 Å². The van der Waals surface area contributed by atoms with Gasteiger partial charge in [0.15, 0.2) is 0 Å². The lowest BCUT2D eigenvalue weighted by Crippen LogP contribution is -2.25. The summed E-state index contributed by atoms with van der Waals surface area (Å²) in [6, 6.07) is 8.85. The first-order valence-electron chi connectivity index (χ1n) is 6.14. The highest BCUT2D eigenvalue weighted by atomic mass is 14.9. The molecule has 0 bridgehead atoms. The number of allylic oxidation sites excluding steroid dienone is 3. The molecule has 2 heteroatoms. The van der Waals surface area contributed by atoms with Crippen LogP contribution in [0.2, 0.25) is 0 Å². The first kappa shape index (κ1) is 11.9. The maximum atomic E-state index is 3.44. The predicted molar refractivity (Wildman–Crippen MR) is 74.2 cm³/mol. The first-order valence-corrected chi connectivity index (χ1v) is 6.14. The summed E-state index contributed by atoms with van der Waals surface area (Å²) in [5.74, 6) is 0.527. The summed E-state index contributed by atoms with van der Waals surface area (Å²) < 4.78 is 0. The second-order valence-corrected chi connectivity index (χ2v) is 4.32. The van der Waals surface area contributed by atoms with E-state index in [0.29, 0.717) is 12.0 Å². The van der Waals surface area contributed by atoms with E-state index in [2.05, 4.69) is 59.2 Å². The Balaban J connectivity index is 2.28. The van der Waals surface area contributed by atoms with Crippen molar-refractivity contribution < 1.29 is 0 Å². The average Bonchev–Trinajstić information content (AvgIpc) is 2.41. The van der Waals surface area contributed by atoms with Crippen molar-refractivity contribution in [1.29, 1.82) is 0 Å². The minimum atomic E-state index is 0.361. The maximum Gasteiger partial charge on any atom is 0.0404 e. The summed E-state index contributed by atoms with van der Waals surface area (Å²) in [6.07, 6.45) is 9.87. The van der Waals surface area contributed by atoms with Gasteiger partial charge in [0, 0.05) is 24.7 Å². The van der Waals surface area contributed by atoms with Crippen LogP contribution in [-0.2, 0) is 0 Å². The van der Waals surface area contributed by atoms with Crippen LogP contribution in [0.3, 0.4) is 0 Å². The molecule has 0 amide bonds. The van der Waals surface area contributed by atoms with Crippen molar-refractivity contribution in [3.63, 3.8) is 0 Å². The van der Waals surface area contributed by atoms with E-state index in [-0.39, 0.29) is 0 Å². The molecule has 17 heavy (non-hydrogen) atoms. The summed E-state index contributed by atoms with van der Waals surface area (Å²) in [7, 11) is 4.01. The molecule has 2 unspecified atom stereocenters. The van der Waals surface area contributed by atoms with Crippen molar-refractivity contribution >= 4 is 5.69 Å². The van der Waals surface area contributed by atoms with Gasteiger partial charge in [0.05, 0.1) is 0 Å². The van der Waals surface area contributed by atoms with E-state index in [1.807, 2.05) is 14.1 Å². The van der Waals surface area contributed by atoms with E-state index in [4.69, 9.17) is 0 Å². The van der Waals surface area contributed by atoms with Crippen molar-refractivity contribution in [3.8, 4) is 0 Å². The fourth-order valence-electron chi connectivity index (χ4n) is 2.44. The van der Waals surface area contributed by atoms with Gasteiger partial charge in [-0.3, -0.25) is 0 Å². The Morgan fingerprint density at radius 3 is 2.65 bits per heavy atom. The zero-order chi connectivity index (χ0) is 12.1. The molecule has 0 aromatic heterocycles. The van der Waals surface area contributed by atoms with Gasteiger partial charge in [-0.05, 0) is 25.1 Å². The summed E-state index contributed by atoms with van der Waals surface area (Å²) in [4.78, 5) is 0. The molecule has 1 aliphatic rings. The average molecular weight is 228 g/mol. The lowest BCUT2D eigenvalue weighted by molar-refractivity contribution is 0.453. The molecule has 90 valence electrons. The van der Waals surface area contributed by atoms with Crippen LogP contribution in [0.4, 0.5) is 5.69 Å². The van der Waals surface area contributed by atoms with Gasteiger partial charge in [-0.15, -0.1) is 0 Å². The normalized spacial score (nSPS) is 20.2. The summed E-state index contributed by atoms with van der Waals surface area (Å²) in [5, 5.41) is 6.70. The first-order chi connectivity index (χ1) is 8.36. The molecule has 1 aromatic carbocycles. The predicted octanol–water partition coefficient (Wildman–Crippen LogP) is 3.12. The van der Waals surface area contributed by atoms with Crippen LogP contribution in [0, 0.1) is 5.92 Å². The van der Waals surface area contributed by atoms with E-state index in [9.17, 15) is 0 Å². The zero-order valence-corrected chi connectivity index (χ0v) is 10.5. The third-order valence-electron chi connectivity index (χ3n) is 3.32. The molecule has 1 aliphatic carbocycles. The van der Waals surface area contributed by atoms with E-state index < -0.39 is 0 Å². The molecule has 0 aliphatic heterocycles. The summed E-state index contributed by atoms with van der Waals surface area (Å²) in [5.41, 5.74) is 2.54. The summed E-state index contributed by atoms with van der Waals surface area (Å²) >= 11 is 0. The fourth-order valence-corrected chi connectivity index (χ4v) is 2.44. The molecule has 0 saturated heterocycles. The van der Waals surface area contributed by atoms with Crippen molar-refractivity contribution in [2.75, 3.05) is 19.4 Å². The zero-order valence-electron chi connectivity index (χ0n) is 10.5. The van der Waals surface area contributed by atoms with E-state index >= 15 is 0 Å². The van der Waals surface area contributed by atoms with Gasteiger partial charge in [-0.25, -0.2) is 0 Å². The maximum absolute atomic E-state index is 3.44. The summed E-state index contributed by atoms with van der Waals surface area (Å²) in [6.45, 7) is 0. The minimum absolute atomic E-state index is 0.361. The smallest absolute Gasteiger partial charge is 0.0404 e. The topological polar surface area (TPSA) is 24.1 Å². The Morgan fingerprint density at radius 1 is 1.18 bits per heavy atom. The van der Waals surface area contributed by atoms with Gasteiger partial charge in [0.2, 0.25) is 0 Å². The Bertz CT molecular complexity index is 421. The molecule has 1 aromatic rings. The molecule has 2 atom stereocenters. The molecule has 0 radical (unpaired) electrons. The number of hydrogen-bond acceptors (Lipinski definition) is 2. The van der Waals surface area contributed by atoms with Gasteiger partial charge >= 0.3 is 0 Å². The SMILES string of the molecule is CNc1ccccc1C(NC)C1C=CC=CC1. The van der Waals surface area contributed by atoms with Crippen LogP contribution < -0.4 is 10.6 Å². The fraction of sp³-hybridized carbons (Fsp3) is 0.333. The van der Waals surface area contributed by atoms with Gasteiger partial charge in [-0.2, -0.15) is 0 Å². The number of benzene rings is 1. The van der Waals surface area contributed by atoms with Crippen molar-refractivity contribution in [1.82, 2.24) is 5.32 Å². The minimum Gasteiger partial charge on any atom is -0.388 e. The van der Waals surface area contributed by atoms with E-state index in [0.717, 1.165) is 6.42 Å². The Hall–Kier alpha value is -1.54. The largest absolute Gasteiger partial charge is 0.388 e. The van der Waals surface area contributed by atoms with Crippen molar-refractivity contribution in [3.05, 3.63) is 54.1 Å². The van der Waals surface area contributed by atoms with E-state index in [1.54, 1.807) is 0 Å². The second-order valence-electron chi connectivity index (χ2n) is 4.32. The number of para-hydroxylation sites is 1. The quantitative estimate of drug-likeness (QED) is 0.827. The van der Waals surface area contributed by atoms with Gasteiger partial charge in [0.25, 0.3) is 0 Å². The molecule has 2 nitrogen and oxygen atoms in total. The van der Waals surface area contributed by atoms with Crippen LogP contribution in [0.1, 0.15) is 18.0 Å². The third kappa shape index (κ3) is 2.59. The monoisotopic (exact) mass is 228 g/mol. The molecule has 0 saturated carbocycles. The van der Waals surface area contributed by atoms with Crippen LogP contribution in [0.5, 0.6) is 0 Å². The third-order valence-corrected chi connectivity index (χ3v) is 3.32. The van der Waals surface area contributed by atoms with Crippen LogP contribution >= 0.6 is 0 Å². The van der Waals surface area contributed by atoms with Crippen LogP contribution in [-0.4, -0.2) is 14.1 Å². The lowest BCUT2D eigenvalue weighted by Gasteiger charge is -2.27. The second kappa shape index (κ2) is 5.69. The molecule has 0 heterocycles. The highest BCUT2D eigenvalue weighted by Gasteiger charge is 2.21. The number of anilines is 1. The molecular weight excluding hydrogens is 208 g/mol. The van der Waals surface area contributed by atoms with E-state index in [1.165, 1.54) is 11.3 Å².